The molecule has 0 fully saturated rings. The molecule has 0 bridgehead atoms. The van der Waals surface area contributed by atoms with Gasteiger partial charge in [-0.1, -0.05) is 78.9 Å². The van der Waals surface area contributed by atoms with Crippen LogP contribution in [0.25, 0.3) is 92.7 Å². The number of aromatic nitrogens is 1. The average Bonchev–Trinajstić information content (AvgIpc) is 3.64. The summed E-state index contributed by atoms with van der Waals surface area (Å²) in [6.07, 6.45) is 0. The molecule has 0 unspecified atom stereocenters. The Morgan fingerprint density at radius 3 is 1.80 bits per heavy atom. The predicted molar refractivity (Wildman–Crippen MR) is 169 cm³/mol. The zero-order valence-corrected chi connectivity index (χ0v) is 21.5. The minimum atomic E-state index is 0.928. The molecule has 0 saturated carbocycles. The minimum absolute atomic E-state index is 0.928. The first-order valence-electron chi connectivity index (χ1n) is 13.8. The van der Waals surface area contributed by atoms with Crippen LogP contribution in [-0.2, 0) is 0 Å². The van der Waals surface area contributed by atoms with E-state index in [0.29, 0.717) is 0 Å². The molecular weight excluding hydrogens is 486 g/mol. The first-order valence-corrected chi connectivity index (χ1v) is 13.8. The number of para-hydroxylation sites is 2. The number of fused-ring (bicyclic) bond motifs is 11. The van der Waals surface area contributed by atoms with Gasteiger partial charge in [-0.15, -0.1) is 0 Å². The predicted octanol–water partition coefficient (Wildman–Crippen LogP) is 10.7. The quantitative estimate of drug-likeness (QED) is 0.216. The monoisotopic (exact) mass is 507 g/mol. The SMILES string of the molecule is c1ccc2cc3c(cc2c1)c1cccc2c4cc5ccc(-c6ccc7oc8ccccc8c7c6)cc5cc4n3c12. The van der Waals surface area contributed by atoms with Gasteiger partial charge in [0.15, 0.2) is 0 Å². The summed E-state index contributed by atoms with van der Waals surface area (Å²) in [7, 11) is 0. The third-order valence-corrected chi connectivity index (χ3v) is 8.85. The first-order chi connectivity index (χ1) is 19.8. The second kappa shape index (κ2) is 7.19. The Labute approximate surface area is 228 Å². The van der Waals surface area contributed by atoms with Crippen LogP contribution in [0.5, 0.6) is 0 Å². The maximum atomic E-state index is 6.07. The van der Waals surface area contributed by atoms with E-state index in [2.05, 4.69) is 120 Å². The minimum Gasteiger partial charge on any atom is -0.456 e. The maximum Gasteiger partial charge on any atom is 0.135 e. The molecule has 10 rings (SSSR count). The normalized spacial score (nSPS) is 12.5. The molecule has 2 heteroatoms. The van der Waals surface area contributed by atoms with Crippen LogP contribution in [0.3, 0.4) is 0 Å². The number of furan rings is 1. The van der Waals surface area contributed by atoms with Crippen LogP contribution in [0.15, 0.2) is 132 Å². The van der Waals surface area contributed by atoms with Crippen molar-refractivity contribution < 1.29 is 4.42 Å². The van der Waals surface area contributed by atoms with Crippen molar-refractivity contribution in [3.63, 3.8) is 0 Å². The van der Waals surface area contributed by atoms with E-state index in [9.17, 15) is 0 Å². The van der Waals surface area contributed by atoms with Crippen LogP contribution in [0.2, 0.25) is 0 Å². The van der Waals surface area contributed by atoms with E-state index in [1.807, 2.05) is 12.1 Å². The van der Waals surface area contributed by atoms with Crippen LogP contribution >= 0.6 is 0 Å². The maximum absolute atomic E-state index is 6.07. The van der Waals surface area contributed by atoms with Crippen LogP contribution in [-0.4, -0.2) is 4.40 Å². The number of nitrogens with zero attached hydrogens (tertiary/aromatic N) is 1. The summed E-state index contributed by atoms with van der Waals surface area (Å²) in [5.41, 5.74) is 8.12. The van der Waals surface area contributed by atoms with Crippen molar-refractivity contribution in [2.75, 3.05) is 0 Å². The molecule has 0 N–H and O–H groups in total. The molecule has 0 aliphatic rings. The lowest BCUT2D eigenvalue weighted by Crippen LogP contribution is -1.83. The van der Waals surface area contributed by atoms with Gasteiger partial charge in [0.25, 0.3) is 0 Å². The molecule has 7 aromatic carbocycles. The smallest absolute Gasteiger partial charge is 0.135 e. The van der Waals surface area contributed by atoms with Crippen molar-refractivity contribution >= 4 is 81.6 Å². The standard InChI is InChI=1S/C38H21NO/c1-2-7-23-20-34-31(17-22(23)6-1)29-9-5-10-30-32-18-26-13-12-24(16-27(26)21-35(32)39(34)38(29)30)25-14-15-37-33(19-25)28-8-3-4-11-36(28)40-37/h1-21H. The van der Waals surface area contributed by atoms with Gasteiger partial charge >= 0.3 is 0 Å². The summed E-state index contributed by atoms with van der Waals surface area (Å²) in [5.74, 6) is 0. The molecule has 10 aromatic rings. The van der Waals surface area contributed by atoms with Crippen LogP contribution < -0.4 is 0 Å². The van der Waals surface area contributed by atoms with Crippen LogP contribution in [0.1, 0.15) is 0 Å². The molecule has 40 heavy (non-hydrogen) atoms. The Balaban J connectivity index is 1.26. The lowest BCUT2D eigenvalue weighted by atomic mass is 9.98. The van der Waals surface area contributed by atoms with Crippen molar-refractivity contribution in [3.8, 4) is 11.1 Å². The summed E-state index contributed by atoms with van der Waals surface area (Å²) in [6.45, 7) is 0. The second-order valence-corrected chi connectivity index (χ2v) is 11.0. The van der Waals surface area contributed by atoms with E-state index in [0.717, 1.165) is 21.9 Å². The first kappa shape index (κ1) is 20.6. The van der Waals surface area contributed by atoms with E-state index in [1.54, 1.807) is 0 Å². The number of rotatable bonds is 1. The summed E-state index contributed by atoms with van der Waals surface area (Å²) >= 11 is 0. The lowest BCUT2D eigenvalue weighted by Gasteiger charge is -2.07. The van der Waals surface area contributed by atoms with E-state index in [1.165, 1.54) is 70.8 Å². The van der Waals surface area contributed by atoms with Gasteiger partial charge in [0.05, 0.1) is 16.6 Å². The third kappa shape index (κ3) is 2.58. The second-order valence-electron chi connectivity index (χ2n) is 11.0. The Morgan fingerprint density at radius 2 is 0.975 bits per heavy atom. The topological polar surface area (TPSA) is 17.6 Å². The van der Waals surface area contributed by atoms with Gasteiger partial charge in [-0.25, -0.2) is 0 Å². The molecule has 0 aliphatic carbocycles. The summed E-state index contributed by atoms with van der Waals surface area (Å²) < 4.78 is 8.56. The molecule has 0 spiro atoms. The van der Waals surface area contributed by atoms with Crippen molar-refractivity contribution in [1.82, 2.24) is 4.40 Å². The van der Waals surface area contributed by atoms with Gasteiger partial charge in [0.1, 0.15) is 11.2 Å². The van der Waals surface area contributed by atoms with Crippen LogP contribution in [0.4, 0.5) is 0 Å². The highest BCUT2D eigenvalue weighted by Gasteiger charge is 2.18. The Kier molecular flexibility index (Phi) is 3.70. The highest BCUT2D eigenvalue weighted by molar-refractivity contribution is 6.26. The van der Waals surface area contributed by atoms with E-state index in [-0.39, 0.29) is 0 Å². The third-order valence-electron chi connectivity index (χ3n) is 8.85. The Bertz CT molecular complexity index is 2650. The number of benzene rings is 7. The largest absolute Gasteiger partial charge is 0.456 e. The Morgan fingerprint density at radius 1 is 0.375 bits per heavy atom. The molecule has 2 nitrogen and oxygen atoms in total. The fourth-order valence-corrected chi connectivity index (χ4v) is 6.99. The van der Waals surface area contributed by atoms with Crippen molar-refractivity contribution in [1.29, 1.82) is 0 Å². The summed E-state index contributed by atoms with van der Waals surface area (Å²) in [5, 5.41) is 12.6. The molecule has 184 valence electrons. The number of hydrogen-bond acceptors (Lipinski definition) is 1. The van der Waals surface area contributed by atoms with Gasteiger partial charge in [0, 0.05) is 32.3 Å². The molecular formula is C38H21NO. The zero-order chi connectivity index (χ0) is 25.9. The van der Waals surface area contributed by atoms with Gasteiger partial charge in [-0.3, -0.25) is 0 Å². The lowest BCUT2D eigenvalue weighted by molar-refractivity contribution is 0.669. The van der Waals surface area contributed by atoms with E-state index < -0.39 is 0 Å². The molecule has 0 atom stereocenters. The van der Waals surface area contributed by atoms with Crippen LogP contribution in [0, 0.1) is 0 Å². The molecule has 0 radical (unpaired) electrons. The molecule has 0 saturated heterocycles. The van der Waals surface area contributed by atoms with Gasteiger partial charge in [0.2, 0.25) is 0 Å². The Hall–Kier alpha value is -5.34. The van der Waals surface area contributed by atoms with Gasteiger partial charge in [-0.2, -0.15) is 0 Å². The highest BCUT2D eigenvalue weighted by Crippen LogP contribution is 2.42. The fourth-order valence-electron chi connectivity index (χ4n) is 6.99. The zero-order valence-electron chi connectivity index (χ0n) is 21.5. The molecule has 3 heterocycles. The summed E-state index contributed by atoms with van der Waals surface area (Å²) in [4.78, 5) is 0. The highest BCUT2D eigenvalue weighted by atomic mass is 16.3. The van der Waals surface area contributed by atoms with Crippen molar-refractivity contribution in [2.45, 2.75) is 0 Å². The fraction of sp³-hybridized carbons (Fsp3) is 0. The van der Waals surface area contributed by atoms with Gasteiger partial charge < -0.3 is 8.82 Å². The molecule has 0 aliphatic heterocycles. The summed E-state index contributed by atoms with van der Waals surface area (Å²) in [6, 6.07) is 46.5. The van der Waals surface area contributed by atoms with E-state index >= 15 is 0 Å². The van der Waals surface area contributed by atoms with Crippen molar-refractivity contribution in [2.24, 2.45) is 0 Å². The number of hydrogen-bond donors (Lipinski definition) is 0. The molecule has 3 aromatic heterocycles. The average molecular weight is 508 g/mol. The molecule has 0 amide bonds. The van der Waals surface area contributed by atoms with E-state index in [4.69, 9.17) is 4.42 Å². The van der Waals surface area contributed by atoms with Crippen molar-refractivity contribution in [3.05, 3.63) is 127 Å². The van der Waals surface area contributed by atoms with Gasteiger partial charge in [-0.05, 0) is 81.2 Å².